The van der Waals surface area contributed by atoms with E-state index in [1.165, 1.54) is 18.2 Å². The molecule has 1 atom stereocenters. The van der Waals surface area contributed by atoms with Crippen LogP contribution < -0.4 is 0 Å². The minimum atomic E-state index is -1.01. The first-order chi connectivity index (χ1) is 11.0. The van der Waals surface area contributed by atoms with Gasteiger partial charge >= 0.3 is 0 Å². The van der Waals surface area contributed by atoms with Crippen LogP contribution in [0.25, 0.3) is 11.0 Å². The van der Waals surface area contributed by atoms with E-state index in [9.17, 15) is 15.3 Å². The molecule has 1 aromatic heterocycles. The van der Waals surface area contributed by atoms with Gasteiger partial charge in [-0.1, -0.05) is 24.3 Å². The van der Waals surface area contributed by atoms with E-state index in [4.69, 9.17) is 0 Å². The number of nitrogens with zero attached hydrogens (tertiary/aromatic N) is 2. The van der Waals surface area contributed by atoms with Crippen molar-refractivity contribution < 1.29 is 15.3 Å². The van der Waals surface area contributed by atoms with Crippen LogP contribution in [0.5, 0.6) is 11.5 Å². The molecule has 3 rings (SSSR count). The Morgan fingerprint density at radius 2 is 1.96 bits per heavy atom. The molecular formula is C17H17N3O3. The number of aromatic nitrogens is 2. The molecule has 0 bridgehead atoms. The number of aliphatic hydroxyl groups excluding tert-OH is 1. The van der Waals surface area contributed by atoms with Gasteiger partial charge in [-0.15, -0.1) is 0 Å². The van der Waals surface area contributed by atoms with Crippen molar-refractivity contribution in [3.8, 4) is 11.5 Å². The molecule has 1 unspecified atom stereocenters. The van der Waals surface area contributed by atoms with Crippen LogP contribution in [0.2, 0.25) is 0 Å². The van der Waals surface area contributed by atoms with Crippen LogP contribution in [0, 0.1) is 0 Å². The quantitative estimate of drug-likeness (QED) is 0.758. The topological polar surface area (TPSA) is 92.0 Å². The van der Waals surface area contributed by atoms with Gasteiger partial charge in [-0.05, 0) is 25.2 Å². The van der Waals surface area contributed by atoms with E-state index < -0.39 is 17.6 Å². The zero-order valence-corrected chi connectivity index (χ0v) is 12.7. The summed E-state index contributed by atoms with van der Waals surface area (Å²) < 4.78 is 0. The van der Waals surface area contributed by atoms with E-state index in [1.807, 2.05) is 36.2 Å². The molecule has 2 N–H and O–H groups in total. The fourth-order valence-corrected chi connectivity index (χ4v) is 2.59. The number of hydrogen-bond donors (Lipinski definition) is 2. The van der Waals surface area contributed by atoms with Crippen molar-refractivity contribution in [3.05, 3.63) is 53.9 Å². The Hall–Kier alpha value is -2.57. The van der Waals surface area contributed by atoms with E-state index in [2.05, 4.69) is 9.97 Å². The zero-order valence-electron chi connectivity index (χ0n) is 12.7. The van der Waals surface area contributed by atoms with Gasteiger partial charge in [-0.3, -0.25) is 15.1 Å². The molecule has 118 valence electrons. The molecule has 0 spiro atoms. The van der Waals surface area contributed by atoms with Gasteiger partial charge in [0, 0.05) is 12.1 Å². The number of rotatable bonds is 5. The van der Waals surface area contributed by atoms with Crippen molar-refractivity contribution in [1.29, 1.82) is 0 Å². The van der Waals surface area contributed by atoms with Crippen molar-refractivity contribution in [2.75, 3.05) is 13.6 Å². The summed E-state index contributed by atoms with van der Waals surface area (Å²) in [4.78, 5) is 9.53. The average molecular weight is 311 g/mol. The molecule has 6 nitrogen and oxygen atoms in total. The molecule has 0 fully saturated rings. The number of hydrogen-bond acceptors (Lipinski definition) is 3. The van der Waals surface area contributed by atoms with Crippen LogP contribution in [0.1, 0.15) is 17.5 Å². The number of nitrogens with one attached hydrogen (secondary N) is 1. The average Bonchev–Trinajstić information content (AvgIpc) is 2.91. The normalized spacial score (nSPS) is 12.8. The highest BCUT2D eigenvalue weighted by Crippen LogP contribution is 2.34. The maximum Gasteiger partial charge on any atom is 0.231 e. The smallest absolute Gasteiger partial charge is 0.231 e. The van der Waals surface area contributed by atoms with Crippen LogP contribution in [-0.4, -0.2) is 33.6 Å². The third-order valence-corrected chi connectivity index (χ3v) is 3.71. The second kappa shape index (κ2) is 6.28. The summed E-state index contributed by atoms with van der Waals surface area (Å²) in [6, 6.07) is 11.9. The summed E-state index contributed by atoms with van der Waals surface area (Å²) in [5, 5.41) is 33.3. The summed E-state index contributed by atoms with van der Waals surface area (Å²) in [6.45, 7) is 0.729. The molecule has 3 aromatic rings. The van der Waals surface area contributed by atoms with Crippen molar-refractivity contribution in [2.45, 2.75) is 12.6 Å². The standard InChI is InChI=1S/C17H17N3O3/c1-20(9-15(22)11-5-4-8-14(21)17(11)23)10-16-18-12-6-2-3-7-13(12)19-16/h2-8,15,22H,9-10H2,1H3,(H,18,19). The number of fused-ring (bicyclic) bond motifs is 1. The lowest BCUT2D eigenvalue weighted by atomic mass is 10.1. The SMILES string of the molecule is CN(Cc1nc2ccccc2[nH]1)CC(O)c1cccc([O])c1[O]. The monoisotopic (exact) mass is 311 g/mol. The number of likely N-dealkylation sites (N-methyl/N-ethyl adjacent to an activating group) is 1. The number of aromatic amines is 1. The van der Waals surface area contributed by atoms with E-state index in [0.29, 0.717) is 6.54 Å². The Labute approximate surface area is 133 Å². The summed E-state index contributed by atoms with van der Waals surface area (Å²) in [6.07, 6.45) is -1.01. The van der Waals surface area contributed by atoms with Crippen LogP contribution in [0.3, 0.4) is 0 Å². The van der Waals surface area contributed by atoms with Gasteiger partial charge in [-0.25, -0.2) is 4.98 Å². The number of benzene rings is 2. The molecule has 2 radical (unpaired) electrons. The van der Waals surface area contributed by atoms with Crippen LogP contribution in [0.4, 0.5) is 0 Å². The first-order valence-electron chi connectivity index (χ1n) is 7.32. The van der Waals surface area contributed by atoms with Gasteiger partial charge in [0.15, 0.2) is 0 Å². The third-order valence-electron chi connectivity index (χ3n) is 3.71. The summed E-state index contributed by atoms with van der Waals surface area (Å²) >= 11 is 0. The van der Waals surface area contributed by atoms with Gasteiger partial charge < -0.3 is 10.1 Å². The molecule has 0 aliphatic carbocycles. The highest BCUT2D eigenvalue weighted by atomic mass is 16.3. The van der Waals surface area contributed by atoms with Crippen molar-refractivity contribution in [3.63, 3.8) is 0 Å². The van der Waals surface area contributed by atoms with Gasteiger partial charge in [0.2, 0.25) is 11.5 Å². The number of imidazole rings is 1. The van der Waals surface area contributed by atoms with Gasteiger partial charge in [-0.2, -0.15) is 0 Å². The molecular weight excluding hydrogens is 294 g/mol. The number of para-hydroxylation sites is 3. The maximum absolute atomic E-state index is 11.8. The minimum Gasteiger partial charge on any atom is -0.387 e. The van der Waals surface area contributed by atoms with E-state index in [1.54, 1.807) is 0 Å². The predicted octanol–water partition coefficient (Wildman–Crippen LogP) is 3.02. The maximum atomic E-state index is 11.8. The number of H-pyrrole nitrogens is 1. The van der Waals surface area contributed by atoms with Crippen LogP contribution >= 0.6 is 0 Å². The second-order valence-corrected chi connectivity index (χ2v) is 5.59. The van der Waals surface area contributed by atoms with Crippen molar-refractivity contribution in [1.82, 2.24) is 14.9 Å². The van der Waals surface area contributed by atoms with Gasteiger partial charge in [0.1, 0.15) is 5.82 Å². The number of aliphatic hydroxyl groups is 1. The first-order valence-corrected chi connectivity index (χ1v) is 7.32. The Bertz CT molecular complexity index is 783. The lowest BCUT2D eigenvalue weighted by Crippen LogP contribution is -2.24. The molecule has 6 heteroatoms. The molecule has 2 aromatic carbocycles. The van der Waals surface area contributed by atoms with Gasteiger partial charge in [0.05, 0.1) is 23.7 Å². The minimum absolute atomic E-state index is 0.133. The van der Waals surface area contributed by atoms with Crippen LogP contribution in [0.15, 0.2) is 42.5 Å². The molecule has 1 heterocycles. The summed E-state index contributed by atoms with van der Waals surface area (Å²) in [5.74, 6) is -0.459. The molecule has 0 saturated carbocycles. The fourth-order valence-electron chi connectivity index (χ4n) is 2.59. The highest BCUT2D eigenvalue weighted by molar-refractivity contribution is 5.74. The molecule has 0 saturated heterocycles. The molecule has 0 aliphatic rings. The Kier molecular flexibility index (Phi) is 4.18. The Morgan fingerprint density at radius 3 is 2.74 bits per heavy atom. The molecule has 0 aliphatic heterocycles. The summed E-state index contributed by atoms with van der Waals surface area (Å²) in [7, 11) is 1.82. The van der Waals surface area contributed by atoms with Crippen LogP contribution in [-0.2, 0) is 16.8 Å². The zero-order chi connectivity index (χ0) is 16.4. The first kappa shape index (κ1) is 15.3. The summed E-state index contributed by atoms with van der Waals surface area (Å²) in [5.41, 5.74) is 1.98. The van der Waals surface area contributed by atoms with Gasteiger partial charge in [0.25, 0.3) is 0 Å². The highest BCUT2D eigenvalue weighted by Gasteiger charge is 2.19. The van der Waals surface area contributed by atoms with E-state index in [-0.39, 0.29) is 12.1 Å². The Morgan fingerprint density at radius 1 is 1.17 bits per heavy atom. The second-order valence-electron chi connectivity index (χ2n) is 5.59. The third kappa shape index (κ3) is 3.28. The van der Waals surface area contributed by atoms with Crippen molar-refractivity contribution in [2.24, 2.45) is 0 Å². The predicted molar refractivity (Wildman–Crippen MR) is 84.1 cm³/mol. The lowest BCUT2D eigenvalue weighted by molar-refractivity contribution is 0.117. The van der Waals surface area contributed by atoms with E-state index >= 15 is 0 Å². The van der Waals surface area contributed by atoms with Crippen molar-refractivity contribution >= 4 is 11.0 Å². The molecule has 0 amide bonds. The Balaban J connectivity index is 1.68. The van der Waals surface area contributed by atoms with E-state index in [0.717, 1.165) is 16.9 Å². The fraction of sp³-hybridized carbons (Fsp3) is 0.235. The largest absolute Gasteiger partial charge is 0.387 e. The molecule has 23 heavy (non-hydrogen) atoms. The lowest BCUT2D eigenvalue weighted by Gasteiger charge is -2.19.